The normalized spacial score (nSPS) is 21.0. The second-order valence-electron chi connectivity index (χ2n) is 9.47. The standard InChI is InChI=1S/C24H32F2N4O4S/c1-28-17-22(27-18-28)35(32,33)30-15-13-29(14-16-30)23(9-11-24(25,26)12-10-23)8-7-20(31)19-5-3-4-6-21(19)34-2/h3-6,17-18H,7-16H2,1-2H3. The summed E-state index contributed by atoms with van der Waals surface area (Å²) in [7, 11) is -0.500. The number of halogens is 2. The molecule has 1 aromatic carbocycles. The summed E-state index contributed by atoms with van der Waals surface area (Å²) >= 11 is 0. The number of sulfonamides is 1. The fourth-order valence-electron chi connectivity index (χ4n) is 5.22. The number of alkyl halides is 2. The third kappa shape index (κ3) is 5.41. The van der Waals surface area contributed by atoms with E-state index in [0.29, 0.717) is 30.8 Å². The molecule has 1 saturated heterocycles. The SMILES string of the molecule is COc1ccccc1C(=O)CCC1(N2CCN(S(=O)(=O)c3cn(C)cn3)CC2)CCC(F)(F)CC1. The van der Waals surface area contributed by atoms with Crippen LogP contribution in [0.1, 0.15) is 48.9 Å². The van der Waals surface area contributed by atoms with E-state index in [9.17, 15) is 22.0 Å². The van der Waals surface area contributed by atoms with Crippen LogP contribution >= 0.6 is 0 Å². The summed E-state index contributed by atoms with van der Waals surface area (Å²) in [5.41, 5.74) is -0.0854. The Bertz CT molecular complexity index is 1150. The highest BCUT2D eigenvalue weighted by molar-refractivity contribution is 7.89. The lowest BCUT2D eigenvalue weighted by Gasteiger charge is -2.50. The van der Waals surface area contributed by atoms with Gasteiger partial charge in [-0.2, -0.15) is 4.31 Å². The molecule has 0 bridgehead atoms. The molecule has 1 aliphatic heterocycles. The summed E-state index contributed by atoms with van der Waals surface area (Å²) in [6, 6.07) is 7.00. The summed E-state index contributed by atoms with van der Waals surface area (Å²) in [5.74, 6) is -2.30. The first-order chi connectivity index (χ1) is 16.6. The van der Waals surface area contributed by atoms with Gasteiger partial charge in [-0.1, -0.05) is 12.1 Å². The van der Waals surface area contributed by atoms with Crippen molar-refractivity contribution in [2.45, 2.75) is 55.0 Å². The van der Waals surface area contributed by atoms with E-state index in [1.807, 2.05) is 0 Å². The number of ketones is 1. The molecule has 0 radical (unpaired) electrons. The molecule has 2 aliphatic rings. The Morgan fingerprint density at radius 1 is 1.09 bits per heavy atom. The van der Waals surface area contributed by atoms with Crippen molar-refractivity contribution in [2.75, 3.05) is 33.3 Å². The quantitative estimate of drug-likeness (QED) is 0.507. The maximum absolute atomic E-state index is 14.1. The number of benzene rings is 1. The third-order valence-electron chi connectivity index (χ3n) is 7.33. The number of imidazole rings is 1. The molecule has 35 heavy (non-hydrogen) atoms. The molecule has 1 aliphatic carbocycles. The summed E-state index contributed by atoms with van der Waals surface area (Å²) in [6.45, 7) is 1.33. The summed E-state index contributed by atoms with van der Waals surface area (Å²) in [6.07, 6.45) is 3.63. The molecule has 2 fully saturated rings. The summed E-state index contributed by atoms with van der Waals surface area (Å²) in [5, 5.41) is 0.00266. The van der Waals surface area contributed by atoms with Crippen LogP contribution in [0.15, 0.2) is 41.8 Å². The number of Topliss-reactive ketones (excluding diaryl/α,β-unsaturated/α-hetero) is 1. The Labute approximate surface area is 204 Å². The Morgan fingerprint density at radius 3 is 2.34 bits per heavy atom. The lowest BCUT2D eigenvalue weighted by molar-refractivity contribution is -0.0891. The van der Waals surface area contributed by atoms with Gasteiger partial charge in [-0.05, 0) is 31.4 Å². The first-order valence-corrected chi connectivity index (χ1v) is 13.3. The molecule has 0 unspecified atom stereocenters. The van der Waals surface area contributed by atoms with Crippen molar-refractivity contribution in [3.05, 3.63) is 42.4 Å². The summed E-state index contributed by atoms with van der Waals surface area (Å²) in [4.78, 5) is 19.1. The molecule has 1 aromatic heterocycles. The molecule has 2 heterocycles. The maximum Gasteiger partial charge on any atom is 0.262 e. The molecule has 0 spiro atoms. The number of hydrogen-bond donors (Lipinski definition) is 0. The van der Waals surface area contributed by atoms with Gasteiger partial charge >= 0.3 is 0 Å². The number of carbonyl (C=O) groups excluding carboxylic acids is 1. The zero-order valence-electron chi connectivity index (χ0n) is 20.1. The van der Waals surface area contributed by atoms with E-state index < -0.39 is 21.5 Å². The van der Waals surface area contributed by atoms with E-state index in [0.717, 1.165) is 0 Å². The molecular weight excluding hydrogens is 478 g/mol. The largest absolute Gasteiger partial charge is 0.496 e. The zero-order chi connectivity index (χ0) is 25.3. The highest BCUT2D eigenvalue weighted by Gasteiger charge is 2.47. The van der Waals surface area contributed by atoms with Crippen LogP contribution in [0.2, 0.25) is 0 Å². The van der Waals surface area contributed by atoms with Crippen LogP contribution in [0.5, 0.6) is 5.75 Å². The van der Waals surface area contributed by atoms with Crippen LogP contribution in [0, 0.1) is 0 Å². The lowest BCUT2D eigenvalue weighted by atomic mass is 9.74. The van der Waals surface area contributed by atoms with Crippen LogP contribution in [-0.2, 0) is 17.1 Å². The minimum atomic E-state index is -3.72. The van der Waals surface area contributed by atoms with Gasteiger partial charge in [-0.25, -0.2) is 22.2 Å². The average molecular weight is 511 g/mol. The smallest absolute Gasteiger partial charge is 0.262 e. The van der Waals surface area contributed by atoms with Crippen molar-refractivity contribution in [1.82, 2.24) is 18.8 Å². The Hall–Kier alpha value is -2.37. The highest BCUT2D eigenvalue weighted by Crippen LogP contribution is 2.44. The molecule has 4 rings (SSSR count). The molecular formula is C24H32F2N4O4S. The van der Waals surface area contributed by atoms with Gasteiger partial charge in [0.1, 0.15) is 5.75 Å². The highest BCUT2D eigenvalue weighted by atomic mass is 32.2. The molecule has 0 amide bonds. The first-order valence-electron chi connectivity index (χ1n) is 11.8. The van der Waals surface area contributed by atoms with E-state index in [4.69, 9.17) is 4.74 Å². The fourth-order valence-corrected chi connectivity index (χ4v) is 6.61. The average Bonchev–Trinajstić information content (AvgIpc) is 3.31. The van der Waals surface area contributed by atoms with E-state index in [2.05, 4.69) is 9.88 Å². The van der Waals surface area contributed by atoms with Gasteiger partial charge in [-0.3, -0.25) is 9.69 Å². The van der Waals surface area contributed by atoms with E-state index >= 15 is 0 Å². The minimum Gasteiger partial charge on any atom is -0.496 e. The number of para-hydroxylation sites is 1. The van der Waals surface area contributed by atoms with Crippen LogP contribution in [0.25, 0.3) is 0 Å². The lowest BCUT2D eigenvalue weighted by Crippen LogP contribution is -2.59. The van der Waals surface area contributed by atoms with Crippen LogP contribution in [0.3, 0.4) is 0 Å². The molecule has 192 valence electrons. The number of rotatable bonds is 8. The van der Waals surface area contributed by atoms with Crippen molar-refractivity contribution in [3.8, 4) is 5.75 Å². The molecule has 8 nitrogen and oxygen atoms in total. The minimum absolute atomic E-state index is 0.00266. The van der Waals surface area contributed by atoms with Crippen LogP contribution in [-0.4, -0.2) is 77.7 Å². The topological polar surface area (TPSA) is 84.7 Å². The number of piperazine rings is 1. The Balaban J connectivity index is 1.48. The fraction of sp³-hybridized carbons (Fsp3) is 0.583. The van der Waals surface area contributed by atoms with E-state index in [1.54, 1.807) is 35.9 Å². The van der Waals surface area contributed by atoms with Gasteiger partial charge in [0.2, 0.25) is 5.92 Å². The van der Waals surface area contributed by atoms with E-state index in [-0.39, 0.29) is 56.0 Å². The molecule has 0 N–H and O–H groups in total. The number of methoxy groups -OCH3 is 1. The van der Waals surface area contributed by atoms with Crippen LogP contribution < -0.4 is 4.74 Å². The third-order valence-corrected chi connectivity index (χ3v) is 9.12. The molecule has 1 saturated carbocycles. The van der Waals surface area contributed by atoms with Crippen LogP contribution in [0.4, 0.5) is 8.78 Å². The Kier molecular flexibility index (Phi) is 7.31. The number of carbonyl (C=O) groups is 1. The van der Waals surface area contributed by atoms with Crippen molar-refractivity contribution in [1.29, 1.82) is 0 Å². The van der Waals surface area contributed by atoms with Crippen molar-refractivity contribution >= 4 is 15.8 Å². The molecule has 11 heteroatoms. The van der Waals surface area contributed by atoms with Crippen molar-refractivity contribution < 1.29 is 26.7 Å². The predicted octanol–water partition coefficient (Wildman–Crippen LogP) is 3.35. The number of aromatic nitrogens is 2. The maximum atomic E-state index is 14.1. The van der Waals surface area contributed by atoms with Crippen molar-refractivity contribution in [2.24, 2.45) is 7.05 Å². The van der Waals surface area contributed by atoms with Crippen molar-refractivity contribution in [3.63, 3.8) is 0 Å². The summed E-state index contributed by atoms with van der Waals surface area (Å²) < 4.78 is 62.4. The molecule has 0 atom stereocenters. The van der Waals surface area contributed by atoms with Gasteiger partial charge in [0.05, 0.1) is 19.0 Å². The number of nitrogens with zero attached hydrogens (tertiary/aromatic N) is 4. The first kappa shape index (κ1) is 25.7. The second-order valence-corrected chi connectivity index (χ2v) is 11.4. The Morgan fingerprint density at radius 2 is 1.74 bits per heavy atom. The van der Waals surface area contributed by atoms with Gasteiger partial charge < -0.3 is 9.30 Å². The van der Waals surface area contributed by atoms with E-state index in [1.165, 1.54) is 23.9 Å². The number of hydrogen-bond acceptors (Lipinski definition) is 6. The monoisotopic (exact) mass is 510 g/mol. The zero-order valence-corrected chi connectivity index (χ0v) is 20.9. The predicted molar refractivity (Wildman–Crippen MR) is 126 cm³/mol. The second kappa shape index (κ2) is 9.94. The number of aryl methyl sites for hydroxylation is 1. The van der Waals surface area contributed by atoms with Gasteiger partial charge in [0, 0.05) is 64.2 Å². The number of ether oxygens (including phenoxy) is 1. The van der Waals surface area contributed by atoms with Gasteiger partial charge in [-0.15, -0.1) is 0 Å². The molecule has 2 aromatic rings. The van der Waals surface area contributed by atoms with Gasteiger partial charge in [0.15, 0.2) is 10.8 Å². The van der Waals surface area contributed by atoms with Gasteiger partial charge in [0.25, 0.3) is 10.0 Å².